The lowest BCUT2D eigenvalue weighted by atomic mass is 10.1. The normalized spacial score (nSPS) is 15.1. The highest BCUT2D eigenvalue weighted by atomic mass is 16.7. The second-order valence-electron chi connectivity index (χ2n) is 6.62. The summed E-state index contributed by atoms with van der Waals surface area (Å²) in [5.41, 5.74) is 0. The third-order valence-electron chi connectivity index (χ3n) is 3.85. The highest BCUT2D eigenvalue weighted by molar-refractivity contribution is 5.66. The number of aliphatic carboxylic acids is 1. The summed E-state index contributed by atoms with van der Waals surface area (Å²) in [5.74, 6) is -3.44. The van der Waals surface area contributed by atoms with Crippen LogP contribution in [0.15, 0.2) is 36.5 Å². The molecule has 0 fully saturated rings. The Morgan fingerprint density at radius 3 is 2.30 bits per heavy atom. The first-order chi connectivity index (χ1) is 12.7. The molecule has 0 aliphatic heterocycles. The van der Waals surface area contributed by atoms with Gasteiger partial charge in [0.2, 0.25) is 0 Å². The number of aliphatic hydroxyl groups is 5. The van der Waals surface area contributed by atoms with Gasteiger partial charge in [-0.1, -0.05) is 36.5 Å². The van der Waals surface area contributed by atoms with Gasteiger partial charge in [0.15, 0.2) is 0 Å². The zero-order chi connectivity index (χ0) is 20.5. The van der Waals surface area contributed by atoms with Gasteiger partial charge in [-0.2, -0.15) is 0 Å². The van der Waals surface area contributed by atoms with Crippen LogP contribution in [0.5, 0.6) is 0 Å². The van der Waals surface area contributed by atoms with Crippen molar-refractivity contribution >= 4 is 5.97 Å². The summed E-state index contributed by atoms with van der Waals surface area (Å²) in [6.07, 6.45) is 14.5. The van der Waals surface area contributed by atoms with Crippen molar-refractivity contribution in [3.05, 3.63) is 36.5 Å². The topological polar surface area (TPSA) is 138 Å². The molecule has 0 saturated heterocycles. The molecule has 7 nitrogen and oxygen atoms in total. The number of rotatable bonds is 16. The lowest BCUT2D eigenvalue weighted by Gasteiger charge is -2.12. The number of aliphatic hydroxyl groups excluding tert-OH is 2. The third-order valence-corrected chi connectivity index (χ3v) is 3.85. The average molecular weight is 386 g/mol. The molecule has 27 heavy (non-hydrogen) atoms. The highest BCUT2D eigenvalue weighted by Crippen LogP contribution is 2.10. The molecule has 156 valence electrons. The fourth-order valence-corrected chi connectivity index (χ4v) is 2.33. The number of carbonyl (C=O) groups is 1. The van der Waals surface area contributed by atoms with Crippen molar-refractivity contribution in [3.8, 4) is 0 Å². The van der Waals surface area contributed by atoms with E-state index in [4.69, 9.17) is 20.4 Å². The van der Waals surface area contributed by atoms with Crippen molar-refractivity contribution in [2.45, 2.75) is 82.4 Å². The monoisotopic (exact) mass is 386 g/mol. The van der Waals surface area contributed by atoms with Gasteiger partial charge in [-0.3, -0.25) is 4.79 Å². The van der Waals surface area contributed by atoms with E-state index in [0.717, 1.165) is 12.8 Å². The first-order valence-electron chi connectivity index (χ1n) is 9.44. The smallest absolute Gasteiger partial charge is 0.303 e. The van der Waals surface area contributed by atoms with Crippen LogP contribution in [0.3, 0.4) is 0 Å². The van der Waals surface area contributed by atoms with E-state index in [1.165, 1.54) is 0 Å². The maximum atomic E-state index is 10.4. The van der Waals surface area contributed by atoms with Crippen LogP contribution in [0, 0.1) is 0 Å². The van der Waals surface area contributed by atoms with E-state index in [1.54, 1.807) is 18.2 Å². The number of carboxylic acids is 1. The minimum atomic E-state index is -2.58. The quantitative estimate of drug-likeness (QED) is 0.103. The molecule has 0 saturated carbocycles. The van der Waals surface area contributed by atoms with Crippen LogP contribution in [0.1, 0.15) is 64.2 Å². The van der Waals surface area contributed by atoms with Crippen LogP contribution in [0.25, 0.3) is 0 Å². The van der Waals surface area contributed by atoms with Crippen LogP contribution >= 0.6 is 0 Å². The van der Waals surface area contributed by atoms with Crippen LogP contribution < -0.4 is 0 Å². The molecule has 0 rings (SSSR count). The fraction of sp³-hybridized carbons (Fsp3) is 0.650. The summed E-state index contributed by atoms with van der Waals surface area (Å²) >= 11 is 0. The number of unbranched alkanes of at least 4 members (excludes halogenated alkanes) is 2. The first kappa shape index (κ1) is 25.5. The number of hydrogen-bond acceptors (Lipinski definition) is 6. The Morgan fingerprint density at radius 2 is 1.63 bits per heavy atom. The predicted molar refractivity (Wildman–Crippen MR) is 103 cm³/mol. The molecule has 6 N–H and O–H groups in total. The minimum absolute atomic E-state index is 0.0573. The second-order valence-corrected chi connectivity index (χ2v) is 6.62. The SMILES string of the molecule is O=C(O)CCC[C@@H](O)/C=C\C=C\CC[C@@H](O)C/C=C\CCCCC(O)(O)O. The Hall–Kier alpha value is -1.51. The van der Waals surface area contributed by atoms with Crippen molar-refractivity contribution in [1.82, 2.24) is 0 Å². The van der Waals surface area contributed by atoms with Crippen molar-refractivity contribution in [1.29, 1.82) is 0 Å². The maximum absolute atomic E-state index is 10.4. The van der Waals surface area contributed by atoms with Gasteiger partial charge < -0.3 is 30.6 Å². The number of allylic oxidation sites excluding steroid dienone is 4. The van der Waals surface area contributed by atoms with E-state index in [1.807, 2.05) is 18.2 Å². The molecule has 0 aromatic heterocycles. The lowest BCUT2D eigenvalue weighted by molar-refractivity contribution is -0.314. The molecule has 0 aromatic rings. The molecule has 7 heteroatoms. The van der Waals surface area contributed by atoms with E-state index >= 15 is 0 Å². The van der Waals surface area contributed by atoms with Gasteiger partial charge in [-0.25, -0.2) is 0 Å². The summed E-state index contributed by atoms with van der Waals surface area (Å²) in [4.78, 5) is 10.4. The summed E-state index contributed by atoms with van der Waals surface area (Å²) in [7, 11) is 0. The van der Waals surface area contributed by atoms with Gasteiger partial charge in [-0.15, -0.1) is 0 Å². The third kappa shape index (κ3) is 20.7. The molecule has 0 heterocycles. The van der Waals surface area contributed by atoms with Crippen molar-refractivity contribution < 1.29 is 35.4 Å². The van der Waals surface area contributed by atoms with Crippen LogP contribution in [-0.4, -0.2) is 54.8 Å². The van der Waals surface area contributed by atoms with Gasteiger partial charge in [0.25, 0.3) is 5.97 Å². The van der Waals surface area contributed by atoms with E-state index < -0.39 is 24.2 Å². The Morgan fingerprint density at radius 1 is 0.889 bits per heavy atom. The predicted octanol–water partition coefficient (Wildman–Crippen LogP) is 1.99. The van der Waals surface area contributed by atoms with Gasteiger partial charge in [0.05, 0.1) is 12.2 Å². The average Bonchev–Trinajstić information content (AvgIpc) is 2.55. The summed E-state index contributed by atoms with van der Waals surface area (Å²) in [5, 5.41) is 54.2. The van der Waals surface area contributed by atoms with Gasteiger partial charge in [-0.05, 0) is 51.4 Å². The Labute approximate surface area is 161 Å². The largest absolute Gasteiger partial charge is 0.481 e. The fourth-order valence-electron chi connectivity index (χ4n) is 2.33. The molecule has 0 amide bonds. The van der Waals surface area contributed by atoms with E-state index in [2.05, 4.69) is 0 Å². The molecule has 0 radical (unpaired) electrons. The molecule has 0 unspecified atom stereocenters. The summed E-state index contributed by atoms with van der Waals surface area (Å²) in [6.45, 7) is 0. The Bertz CT molecular complexity index is 463. The molecule has 2 atom stereocenters. The lowest BCUT2D eigenvalue weighted by Crippen LogP contribution is -2.26. The van der Waals surface area contributed by atoms with E-state index in [-0.39, 0.29) is 12.8 Å². The molecule has 0 aromatic carbocycles. The molecule has 0 bridgehead atoms. The van der Waals surface area contributed by atoms with Crippen LogP contribution in [0.2, 0.25) is 0 Å². The number of carboxylic acid groups (broad SMARTS) is 1. The van der Waals surface area contributed by atoms with Crippen molar-refractivity contribution in [2.75, 3.05) is 0 Å². The standard InChI is InChI=1S/C20H34O7/c21-17(11-6-2-1-5-9-16-20(25,26)27)12-7-3-4-8-13-18(22)14-10-15-19(23)24/h2-4,6,8,13,17-18,21-22,25-27H,1,5,7,9-12,14-16H2,(H,23,24)/b4-3+,6-2-,13-8-/t17-,18-/m0/s1. The zero-order valence-electron chi connectivity index (χ0n) is 15.8. The van der Waals surface area contributed by atoms with E-state index in [9.17, 15) is 15.0 Å². The molecule has 0 spiro atoms. The van der Waals surface area contributed by atoms with Gasteiger partial charge in [0.1, 0.15) is 0 Å². The molecular weight excluding hydrogens is 352 g/mol. The first-order valence-corrected chi connectivity index (χ1v) is 9.44. The van der Waals surface area contributed by atoms with Crippen LogP contribution in [-0.2, 0) is 4.79 Å². The summed E-state index contributed by atoms with van der Waals surface area (Å²) in [6, 6.07) is 0. The summed E-state index contributed by atoms with van der Waals surface area (Å²) < 4.78 is 0. The van der Waals surface area contributed by atoms with Crippen LogP contribution in [0.4, 0.5) is 0 Å². The van der Waals surface area contributed by atoms with Gasteiger partial charge >= 0.3 is 5.97 Å². The highest BCUT2D eigenvalue weighted by Gasteiger charge is 2.16. The molecular formula is C20H34O7. The Balaban J connectivity index is 3.67. The molecule has 0 aliphatic carbocycles. The number of hydrogen-bond donors (Lipinski definition) is 6. The van der Waals surface area contributed by atoms with Gasteiger partial charge in [0, 0.05) is 12.8 Å². The zero-order valence-corrected chi connectivity index (χ0v) is 15.8. The molecule has 0 aliphatic rings. The van der Waals surface area contributed by atoms with E-state index in [0.29, 0.717) is 38.5 Å². The Kier molecular flexibility index (Phi) is 14.7. The maximum Gasteiger partial charge on any atom is 0.303 e. The van der Waals surface area contributed by atoms with Crippen molar-refractivity contribution in [2.24, 2.45) is 0 Å². The minimum Gasteiger partial charge on any atom is -0.481 e. The van der Waals surface area contributed by atoms with Crippen molar-refractivity contribution in [3.63, 3.8) is 0 Å². The second kappa shape index (κ2) is 15.5.